The standard InChI is InChI=1S/C21H26N4O3/c1-16-7-3-4-8-18(16)15-23-11-13-24(14-12-23)17(2)21(26)22-19-9-5-6-10-20(19)25(27)28/h3-10,17H,11-15H2,1-2H3,(H,22,26)/p+2/t17-/m1/s1. The molecule has 2 aromatic rings. The number of nitro groups is 1. The Labute approximate surface area is 165 Å². The Balaban J connectivity index is 1.55. The summed E-state index contributed by atoms with van der Waals surface area (Å²) in [5.41, 5.74) is 2.88. The molecule has 1 amide bonds. The molecule has 3 rings (SSSR count). The maximum absolute atomic E-state index is 12.6. The molecule has 1 atom stereocenters. The van der Waals surface area contributed by atoms with Crippen LogP contribution in [0.15, 0.2) is 48.5 Å². The summed E-state index contributed by atoms with van der Waals surface area (Å²) in [6.07, 6.45) is 0. The summed E-state index contributed by atoms with van der Waals surface area (Å²) in [6, 6.07) is 14.5. The van der Waals surface area contributed by atoms with Gasteiger partial charge in [0.2, 0.25) is 0 Å². The largest absolute Gasteiger partial charge is 0.322 e. The number of nitro benzene ring substituents is 1. The molecule has 0 radical (unpaired) electrons. The van der Waals surface area contributed by atoms with Crippen molar-refractivity contribution in [3.63, 3.8) is 0 Å². The number of nitrogens with zero attached hydrogens (tertiary/aromatic N) is 1. The highest BCUT2D eigenvalue weighted by Gasteiger charge is 2.32. The third kappa shape index (κ3) is 4.74. The number of nitrogens with one attached hydrogen (secondary N) is 3. The lowest BCUT2D eigenvalue weighted by Crippen LogP contribution is -3.29. The lowest BCUT2D eigenvalue weighted by atomic mass is 10.1. The normalized spacial score (nSPS) is 20.4. The summed E-state index contributed by atoms with van der Waals surface area (Å²) < 4.78 is 0. The number of hydrogen-bond donors (Lipinski definition) is 3. The zero-order valence-electron chi connectivity index (χ0n) is 16.4. The van der Waals surface area contributed by atoms with E-state index in [2.05, 4.69) is 36.5 Å². The molecule has 3 N–H and O–H groups in total. The predicted octanol–water partition coefficient (Wildman–Crippen LogP) is 0.214. The summed E-state index contributed by atoms with van der Waals surface area (Å²) in [6.45, 7) is 8.88. The summed E-state index contributed by atoms with van der Waals surface area (Å²) in [5, 5.41) is 13.9. The van der Waals surface area contributed by atoms with Crippen molar-refractivity contribution in [3.8, 4) is 0 Å². The fourth-order valence-corrected chi connectivity index (χ4v) is 3.78. The first-order valence-electron chi connectivity index (χ1n) is 9.72. The first-order chi connectivity index (χ1) is 13.5. The maximum atomic E-state index is 12.6. The SMILES string of the molecule is Cc1ccccc1C[NH+]1CC[NH+]([C@H](C)C(=O)Nc2ccccc2[N+](=O)[O-])CC1. The maximum Gasteiger partial charge on any atom is 0.292 e. The van der Waals surface area contributed by atoms with E-state index in [-0.39, 0.29) is 23.3 Å². The number of hydrogen-bond acceptors (Lipinski definition) is 3. The van der Waals surface area contributed by atoms with Gasteiger partial charge in [0.05, 0.1) is 4.92 Å². The van der Waals surface area contributed by atoms with Gasteiger partial charge in [-0.3, -0.25) is 14.9 Å². The number of aryl methyl sites for hydroxylation is 1. The van der Waals surface area contributed by atoms with Crippen LogP contribution in [0.4, 0.5) is 11.4 Å². The molecule has 0 aromatic heterocycles. The molecule has 1 saturated heterocycles. The Bertz CT molecular complexity index is 847. The van der Waals surface area contributed by atoms with Crippen LogP contribution in [0.5, 0.6) is 0 Å². The molecule has 1 fully saturated rings. The molecule has 148 valence electrons. The summed E-state index contributed by atoms with van der Waals surface area (Å²) >= 11 is 0. The quantitative estimate of drug-likeness (QED) is 0.492. The van der Waals surface area contributed by atoms with Crippen LogP contribution in [-0.4, -0.2) is 43.1 Å². The Morgan fingerprint density at radius 3 is 2.43 bits per heavy atom. The summed E-state index contributed by atoms with van der Waals surface area (Å²) in [7, 11) is 0. The van der Waals surface area contributed by atoms with Gasteiger partial charge in [0.15, 0.2) is 6.04 Å². The molecule has 28 heavy (non-hydrogen) atoms. The van der Waals surface area contributed by atoms with E-state index < -0.39 is 4.92 Å². The van der Waals surface area contributed by atoms with E-state index in [9.17, 15) is 14.9 Å². The molecule has 0 saturated carbocycles. The van der Waals surface area contributed by atoms with E-state index in [1.54, 1.807) is 18.2 Å². The molecule has 2 aromatic carbocycles. The smallest absolute Gasteiger partial charge is 0.292 e. The van der Waals surface area contributed by atoms with E-state index in [1.165, 1.54) is 27.0 Å². The van der Waals surface area contributed by atoms with Crippen LogP contribution in [0, 0.1) is 17.0 Å². The number of piperazine rings is 1. The highest BCUT2D eigenvalue weighted by Crippen LogP contribution is 2.23. The van der Waals surface area contributed by atoms with Gasteiger partial charge in [-0.15, -0.1) is 0 Å². The van der Waals surface area contributed by atoms with E-state index in [0.29, 0.717) is 0 Å². The van der Waals surface area contributed by atoms with Crippen LogP contribution in [0.25, 0.3) is 0 Å². The molecule has 7 nitrogen and oxygen atoms in total. The minimum Gasteiger partial charge on any atom is -0.322 e. The first kappa shape index (κ1) is 20.0. The molecular weight excluding hydrogens is 356 g/mol. The molecule has 0 bridgehead atoms. The van der Waals surface area contributed by atoms with E-state index >= 15 is 0 Å². The van der Waals surface area contributed by atoms with Gasteiger partial charge in [-0.05, 0) is 25.5 Å². The van der Waals surface area contributed by atoms with Gasteiger partial charge in [-0.2, -0.15) is 0 Å². The van der Waals surface area contributed by atoms with Gasteiger partial charge in [0, 0.05) is 11.6 Å². The third-order valence-corrected chi connectivity index (χ3v) is 5.67. The molecule has 7 heteroatoms. The second-order valence-electron chi connectivity index (χ2n) is 7.50. The van der Waals surface area contributed by atoms with Crippen molar-refractivity contribution in [1.82, 2.24) is 0 Å². The average molecular weight is 384 g/mol. The van der Waals surface area contributed by atoms with Crippen LogP contribution >= 0.6 is 0 Å². The monoisotopic (exact) mass is 384 g/mol. The van der Waals surface area contributed by atoms with Crippen molar-refractivity contribution in [2.24, 2.45) is 0 Å². The van der Waals surface area contributed by atoms with Crippen molar-refractivity contribution in [2.75, 3.05) is 31.5 Å². The zero-order valence-corrected chi connectivity index (χ0v) is 16.4. The number of carbonyl (C=O) groups excluding carboxylic acids is 1. The Morgan fingerprint density at radius 2 is 1.75 bits per heavy atom. The third-order valence-electron chi connectivity index (χ3n) is 5.67. The lowest BCUT2D eigenvalue weighted by Gasteiger charge is -2.32. The van der Waals surface area contributed by atoms with E-state index in [0.717, 1.165) is 32.7 Å². The van der Waals surface area contributed by atoms with E-state index in [1.807, 2.05) is 6.92 Å². The van der Waals surface area contributed by atoms with Gasteiger partial charge in [-0.1, -0.05) is 36.4 Å². The second kappa shape index (κ2) is 8.95. The summed E-state index contributed by atoms with van der Waals surface area (Å²) in [5.74, 6) is -0.174. The lowest BCUT2D eigenvalue weighted by molar-refractivity contribution is -1.02. The van der Waals surface area contributed by atoms with Gasteiger partial charge >= 0.3 is 0 Å². The highest BCUT2D eigenvalue weighted by molar-refractivity contribution is 5.95. The summed E-state index contributed by atoms with van der Waals surface area (Å²) in [4.78, 5) is 26.1. The Morgan fingerprint density at radius 1 is 1.11 bits per heavy atom. The minimum atomic E-state index is -0.471. The van der Waals surface area contributed by atoms with Gasteiger partial charge < -0.3 is 15.1 Å². The number of quaternary nitrogens is 2. The van der Waals surface area contributed by atoms with Gasteiger partial charge in [-0.25, -0.2) is 0 Å². The number of rotatable bonds is 6. The van der Waals surface area contributed by atoms with E-state index in [4.69, 9.17) is 0 Å². The number of para-hydroxylation sites is 2. The number of carbonyl (C=O) groups is 1. The molecular formula is C21H28N4O3+2. The van der Waals surface area contributed by atoms with Crippen LogP contribution in [0.1, 0.15) is 18.1 Å². The fourth-order valence-electron chi connectivity index (χ4n) is 3.78. The average Bonchev–Trinajstić information content (AvgIpc) is 2.70. The molecule has 1 heterocycles. The minimum absolute atomic E-state index is 0.0782. The van der Waals surface area contributed by atoms with Crippen LogP contribution in [0.3, 0.4) is 0 Å². The topological polar surface area (TPSA) is 81.1 Å². The zero-order chi connectivity index (χ0) is 20.1. The first-order valence-corrected chi connectivity index (χ1v) is 9.72. The Hall–Kier alpha value is -2.77. The molecule has 1 aliphatic rings. The van der Waals surface area contributed by atoms with Crippen molar-refractivity contribution < 1.29 is 19.5 Å². The van der Waals surface area contributed by atoms with Crippen molar-refractivity contribution in [1.29, 1.82) is 0 Å². The molecule has 0 unspecified atom stereocenters. The molecule has 1 aliphatic heterocycles. The number of anilines is 1. The molecule has 0 spiro atoms. The van der Waals surface area contributed by atoms with Crippen LogP contribution in [0.2, 0.25) is 0 Å². The predicted molar refractivity (Wildman–Crippen MR) is 107 cm³/mol. The Kier molecular flexibility index (Phi) is 6.38. The van der Waals surface area contributed by atoms with Crippen molar-refractivity contribution in [3.05, 3.63) is 69.8 Å². The number of amides is 1. The van der Waals surface area contributed by atoms with Gasteiger partial charge in [0.1, 0.15) is 38.4 Å². The number of benzene rings is 2. The van der Waals surface area contributed by atoms with Crippen molar-refractivity contribution in [2.45, 2.75) is 26.4 Å². The van der Waals surface area contributed by atoms with Crippen molar-refractivity contribution >= 4 is 17.3 Å². The second-order valence-corrected chi connectivity index (χ2v) is 7.50. The highest BCUT2D eigenvalue weighted by atomic mass is 16.6. The van der Waals surface area contributed by atoms with Crippen LogP contribution in [-0.2, 0) is 11.3 Å². The van der Waals surface area contributed by atoms with Crippen LogP contribution < -0.4 is 15.1 Å². The van der Waals surface area contributed by atoms with Gasteiger partial charge in [0.25, 0.3) is 11.6 Å². The fraction of sp³-hybridized carbons (Fsp3) is 0.381. The molecule has 0 aliphatic carbocycles.